The molecule has 2 aromatic heterocycles. The van der Waals surface area contributed by atoms with Gasteiger partial charge in [-0.15, -0.1) is 0 Å². The largest absolute Gasteiger partial charge is 0.507 e. The zero-order valence-electron chi connectivity index (χ0n) is 22.8. The molecule has 0 amide bonds. The van der Waals surface area contributed by atoms with Crippen molar-refractivity contribution in [1.82, 2.24) is 19.9 Å². The lowest BCUT2D eigenvalue weighted by Gasteiger charge is -2.21. The predicted molar refractivity (Wildman–Crippen MR) is 154 cm³/mol. The fraction of sp³-hybridized carbons (Fsp3) is 0.200. The van der Waals surface area contributed by atoms with Gasteiger partial charge in [0.1, 0.15) is 45.1 Å². The number of benzene rings is 4. The Balaban J connectivity index is 1.69. The normalized spacial score (nSPS) is 12.6. The van der Waals surface area contributed by atoms with Gasteiger partial charge in [0.15, 0.2) is 11.5 Å². The highest BCUT2D eigenvalue weighted by Gasteiger charge is 2.29. The van der Waals surface area contributed by atoms with Gasteiger partial charge in [0.2, 0.25) is 0 Å². The smallest absolute Gasteiger partial charge is 0.155 e. The first-order valence-corrected chi connectivity index (χ1v) is 12.8. The van der Waals surface area contributed by atoms with E-state index < -0.39 is 45.3 Å². The Labute approximate surface area is 237 Å². The van der Waals surface area contributed by atoms with Gasteiger partial charge in [-0.05, 0) is 39.8 Å². The standard InChI is InChI=1S/C30H26N4O8/c1-29(2,41)11-5-7-15(35)25-21(11)33-23-13(31-25)9-17(37)19(27(23)39)20-18(38)10-14-24(28(20)40)34-22-12(30(3,4)42)6-8-16(36)26(22)32-14/h5-10,35-42H,1-4H3. The number of nitrogens with zero attached hydrogens (tertiary/aromatic N) is 4. The quantitative estimate of drug-likeness (QED) is 0.140. The summed E-state index contributed by atoms with van der Waals surface area (Å²) in [4.78, 5) is 17.6. The Morgan fingerprint density at radius 1 is 0.452 bits per heavy atom. The molecule has 12 heteroatoms. The molecule has 0 aliphatic heterocycles. The fourth-order valence-electron chi connectivity index (χ4n) is 5.18. The molecule has 42 heavy (non-hydrogen) atoms. The van der Waals surface area contributed by atoms with E-state index in [0.717, 1.165) is 12.1 Å². The molecule has 0 unspecified atom stereocenters. The number of aromatic nitrogens is 4. The molecule has 214 valence electrons. The lowest BCUT2D eigenvalue weighted by molar-refractivity contribution is 0.0794. The van der Waals surface area contributed by atoms with Crippen LogP contribution in [0.25, 0.3) is 55.3 Å². The van der Waals surface area contributed by atoms with Gasteiger partial charge in [-0.1, -0.05) is 12.1 Å². The van der Waals surface area contributed by atoms with E-state index in [1.807, 2.05) is 0 Å². The lowest BCUT2D eigenvalue weighted by atomic mass is 9.95. The van der Waals surface area contributed by atoms with Crippen LogP contribution in [0.15, 0.2) is 36.4 Å². The van der Waals surface area contributed by atoms with Crippen molar-refractivity contribution in [2.75, 3.05) is 0 Å². The summed E-state index contributed by atoms with van der Waals surface area (Å²) in [6.07, 6.45) is 0. The third-order valence-corrected chi connectivity index (χ3v) is 7.21. The summed E-state index contributed by atoms with van der Waals surface area (Å²) in [5.74, 6) is -2.94. The Hall–Kier alpha value is -5.20. The minimum atomic E-state index is -1.39. The van der Waals surface area contributed by atoms with Crippen molar-refractivity contribution in [2.24, 2.45) is 0 Å². The fourth-order valence-corrected chi connectivity index (χ4v) is 5.18. The number of phenolic OH excluding ortho intramolecular Hbond substituents is 6. The number of hydrogen-bond donors (Lipinski definition) is 8. The topological polar surface area (TPSA) is 213 Å². The number of aliphatic hydroxyl groups is 2. The Morgan fingerprint density at radius 2 is 0.810 bits per heavy atom. The van der Waals surface area contributed by atoms with E-state index in [4.69, 9.17) is 0 Å². The van der Waals surface area contributed by atoms with Crippen LogP contribution in [0.4, 0.5) is 0 Å². The summed E-state index contributed by atoms with van der Waals surface area (Å²) in [5.41, 5.74) is -3.05. The first-order valence-electron chi connectivity index (χ1n) is 12.8. The van der Waals surface area contributed by atoms with Crippen molar-refractivity contribution in [1.29, 1.82) is 0 Å². The summed E-state index contributed by atoms with van der Waals surface area (Å²) in [7, 11) is 0. The average Bonchev–Trinajstić information content (AvgIpc) is 2.88. The summed E-state index contributed by atoms with van der Waals surface area (Å²) < 4.78 is 0. The Bertz CT molecular complexity index is 1980. The second-order valence-corrected chi connectivity index (χ2v) is 11.2. The molecule has 12 nitrogen and oxygen atoms in total. The van der Waals surface area contributed by atoms with Gasteiger partial charge in [-0.3, -0.25) is 0 Å². The highest BCUT2D eigenvalue weighted by molar-refractivity contribution is 6.04. The SMILES string of the molecule is CC(C)(O)c1ccc(O)c2nc3cc(O)c(-c4c(O)cc5nc6c(O)ccc(C(C)(C)O)c6nc5c4O)c(O)c3nc12. The molecule has 4 aromatic carbocycles. The van der Waals surface area contributed by atoms with Crippen LogP contribution in [-0.4, -0.2) is 60.8 Å². The number of rotatable bonds is 3. The molecule has 0 radical (unpaired) electrons. The summed E-state index contributed by atoms with van der Waals surface area (Å²) >= 11 is 0. The number of hydrogen-bond acceptors (Lipinski definition) is 12. The van der Waals surface area contributed by atoms with Gasteiger partial charge in [-0.2, -0.15) is 0 Å². The van der Waals surface area contributed by atoms with E-state index in [0.29, 0.717) is 11.1 Å². The Morgan fingerprint density at radius 3 is 1.14 bits per heavy atom. The minimum absolute atomic E-state index is 0.0136. The molecular weight excluding hydrogens is 544 g/mol. The van der Waals surface area contributed by atoms with Crippen LogP contribution in [0.3, 0.4) is 0 Å². The van der Waals surface area contributed by atoms with Crippen LogP contribution >= 0.6 is 0 Å². The highest BCUT2D eigenvalue weighted by atomic mass is 16.3. The van der Waals surface area contributed by atoms with Gasteiger partial charge in [-0.25, -0.2) is 19.9 Å². The molecular formula is C30H26N4O8. The van der Waals surface area contributed by atoms with E-state index >= 15 is 0 Å². The lowest BCUT2D eigenvalue weighted by Crippen LogP contribution is -2.16. The van der Waals surface area contributed by atoms with E-state index in [9.17, 15) is 40.9 Å². The molecule has 8 N–H and O–H groups in total. The van der Waals surface area contributed by atoms with Crippen molar-refractivity contribution in [3.8, 4) is 45.6 Å². The average molecular weight is 571 g/mol. The molecule has 0 fully saturated rings. The predicted octanol–water partition coefficient (Wildman–Crippen LogP) is 4.23. The zero-order chi connectivity index (χ0) is 30.5. The molecule has 0 aliphatic carbocycles. The maximum Gasteiger partial charge on any atom is 0.155 e. The van der Waals surface area contributed by atoms with E-state index in [2.05, 4.69) is 19.9 Å². The second-order valence-electron chi connectivity index (χ2n) is 11.2. The van der Waals surface area contributed by atoms with Crippen molar-refractivity contribution < 1.29 is 40.9 Å². The first kappa shape index (κ1) is 27.0. The van der Waals surface area contributed by atoms with E-state index in [1.54, 1.807) is 0 Å². The van der Waals surface area contributed by atoms with Crippen LogP contribution in [0.1, 0.15) is 38.8 Å². The molecule has 0 spiro atoms. The van der Waals surface area contributed by atoms with Crippen molar-refractivity contribution >= 4 is 44.1 Å². The van der Waals surface area contributed by atoms with Gasteiger partial charge >= 0.3 is 0 Å². The summed E-state index contributed by atoms with van der Waals surface area (Å²) in [6.45, 7) is 6.08. The van der Waals surface area contributed by atoms with Gasteiger partial charge in [0, 0.05) is 23.3 Å². The molecule has 2 heterocycles. The van der Waals surface area contributed by atoms with Gasteiger partial charge < -0.3 is 40.9 Å². The van der Waals surface area contributed by atoms with Gasteiger partial charge in [0.25, 0.3) is 0 Å². The maximum atomic E-state index is 11.4. The second kappa shape index (κ2) is 8.65. The summed E-state index contributed by atoms with van der Waals surface area (Å²) in [5, 5.41) is 86.9. The van der Waals surface area contributed by atoms with Crippen LogP contribution in [-0.2, 0) is 11.2 Å². The van der Waals surface area contributed by atoms with E-state index in [-0.39, 0.29) is 55.6 Å². The molecule has 0 aliphatic rings. The Kier molecular flexibility index (Phi) is 5.56. The number of fused-ring (bicyclic) bond motifs is 4. The van der Waals surface area contributed by atoms with Crippen LogP contribution < -0.4 is 0 Å². The van der Waals surface area contributed by atoms with Crippen LogP contribution in [0, 0.1) is 0 Å². The molecule has 0 saturated carbocycles. The first-order chi connectivity index (χ1) is 19.6. The van der Waals surface area contributed by atoms with Crippen molar-refractivity contribution in [3.05, 3.63) is 47.5 Å². The highest BCUT2D eigenvalue weighted by Crippen LogP contribution is 2.51. The zero-order valence-corrected chi connectivity index (χ0v) is 22.8. The minimum Gasteiger partial charge on any atom is -0.507 e. The van der Waals surface area contributed by atoms with E-state index in [1.165, 1.54) is 52.0 Å². The van der Waals surface area contributed by atoms with Crippen LogP contribution in [0.2, 0.25) is 0 Å². The monoisotopic (exact) mass is 570 g/mol. The molecule has 0 atom stereocenters. The third-order valence-electron chi connectivity index (χ3n) is 7.21. The van der Waals surface area contributed by atoms with Crippen molar-refractivity contribution in [3.63, 3.8) is 0 Å². The molecule has 0 saturated heterocycles. The van der Waals surface area contributed by atoms with Gasteiger partial charge in [0.05, 0.1) is 44.4 Å². The molecule has 0 bridgehead atoms. The number of phenols is 6. The van der Waals surface area contributed by atoms with Crippen LogP contribution in [0.5, 0.6) is 34.5 Å². The summed E-state index contributed by atoms with van der Waals surface area (Å²) in [6, 6.07) is 7.94. The third kappa shape index (κ3) is 3.91. The molecule has 6 aromatic rings. The van der Waals surface area contributed by atoms with Crippen molar-refractivity contribution in [2.45, 2.75) is 38.9 Å². The number of aromatic hydroxyl groups is 6. The molecule has 6 rings (SSSR count). The maximum absolute atomic E-state index is 11.4.